The molecule has 7 nitrogen and oxygen atoms in total. The van der Waals surface area contributed by atoms with E-state index in [2.05, 4.69) is 5.32 Å². The summed E-state index contributed by atoms with van der Waals surface area (Å²) in [5.74, 6) is -0.0951. The van der Waals surface area contributed by atoms with Gasteiger partial charge in [-0.25, -0.2) is 0 Å². The number of carbonyl (C=O) groups excluding carboxylic acids is 3. The molecule has 1 rings (SSSR count). The topological polar surface area (TPSA) is 95.7 Å². The second kappa shape index (κ2) is 15.4. The van der Waals surface area contributed by atoms with Gasteiger partial charge in [0, 0.05) is 27.6 Å². The lowest BCUT2D eigenvalue weighted by atomic mass is 10.0. The number of rotatable bonds is 17. The van der Waals surface area contributed by atoms with E-state index < -0.39 is 6.04 Å². The van der Waals surface area contributed by atoms with Crippen molar-refractivity contribution < 1.29 is 14.4 Å². The van der Waals surface area contributed by atoms with Gasteiger partial charge >= 0.3 is 0 Å². The first-order valence-electron chi connectivity index (χ1n) is 11.4. The molecule has 1 aromatic rings. The molecule has 0 bridgehead atoms. The number of hydrogen-bond donors (Lipinski definition) is 2. The Morgan fingerprint density at radius 2 is 1.71 bits per heavy atom. The zero-order valence-electron chi connectivity index (χ0n) is 19.4. The molecule has 0 saturated carbocycles. The molecule has 0 aromatic heterocycles. The normalized spacial score (nSPS) is 11.6. The molecule has 1 atom stereocenters. The number of amides is 2. The van der Waals surface area contributed by atoms with Crippen LogP contribution in [0.25, 0.3) is 0 Å². The van der Waals surface area contributed by atoms with Crippen LogP contribution in [0.15, 0.2) is 18.2 Å². The first kappa shape index (κ1) is 26.6. The molecule has 7 heteroatoms. The molecular weight excluding hydrogens is 392 g/mol. The highest BCUT2D eigenvalue weighted by atomic mass is 16.1. The van der Waals surface area contributed by atoms with Crippen molar-refractivity contribution in [1.82, 2.24) is 5.32 Å². The number of unbranched alkanes of at least 4 members (excludes halogenated alkanes) is 6. The number of anilines is 2. The van der Waals surface area contributed by atoms with Gasteiger partial charge < -0.3 is 25.6 Å². The van der Waals surface area contributed by atoms with Gasteiger partial charge in [0.2, 0.25) is 12.3 Å². The summed E-state index contributed by atoms with van der Waals surface area (Å²) in [4.78, 5) is 38.4. The van der Waals surface area contributed by atoms with Gasteiger partial charge in [-0.15, -0.1) is 0 Å². The lowest BCUT2D eigenvalue weighted by molar-refractivity contribution is -0.120. The lowest BCUT2D eigenvalue weighted by Crippen LogP contribution is -2.35. The van der Waals surface area contributed by atoms with Crippen molar-refractivity contribution in [2.24, 2.45) is 5.73 Å². The van der Waals surface area contributed by atoms with Crippen molar-refractivity contribution in [3.05, 3.63) is 23.8 Å². The Labute approximate surface area is 187 Å². The van der Waals surface area contributed by atoms with Crippen LogP contribution in [-0.4, -0.2) is 52.3 Å². The summed E-state index contributed by atoms with van der Waals surface area (Å²) in [5.41, 5.74) is 8.28. The molecule has 0 radical (unpaired) electrons. The third-order valence-electron chi connectivity index (χ3n) is 5.74. The van der Waals surface area contributed by atoms with Gasteiger partial charge in [0.25, 0.3) is 0 Å². The Morgan fingerprint density at radius 3 is 2.29 bits per heavy atom. The van der Waals surface area contributed by atoms with Gasteiger partial charge in [0.1, 0.15) is 6.29 Å². The van der Waals surface area contributed by atoms with E-state index >= 15 is 0 Å². The summed E-state index contributed by atoms with van der Waals surface area (Å²) in [6, 6.07) is 5.50. The number of aryl methyl sites for hydroxylation is 1. The van der Waals surface area contributed by atoms with Crippen LogP contribution in [0.3, 0.4) is 0 Å². The fourth-order valence-corrected chi connectivity index (χ4v) is 3.80. The van der Waals surface area contributed by atoms with E-state index in [9.17, 15) is 14.4 Å². The summed E-state index contributed by atoms with van der Waals surface area (Å²) in [6.07, 6.45) is 11.4. The lowest BCUT2D eigenvalue weighted by Gasteiger charge is -2.31. The molecule has 31 heavy (non-hydrogen) atoms. The molecule has 3 N–H and O–H groups in total. The van der Waals surface area contributed by atoms with E-state index in [-0.39, 0.29) is 12.3 Å². The van der Waals surface area contributed by atoms with Crippen LogP contribution in [0, 0.1) is 0 Å². The fraction of sp³-hybridized carbons (Fsp3) is 0.625. The van der Waals surface area contributed by atoms with Gasteiger partial charge in [0.15, 0.2) is 0 Å². The van der Waals surface area contributed by atoms with Gasteiger partial charge in [-0.1, -0.05) is 44.2 Å². The zero-order valence-corrected chi connectivity index (χ0v) is 19.4. The minimum Gasteiger partial charge on any atom is -0.363 e. The second-order valence-corrected chi connectivity index (χ2v) is 8.04. The van der Waals surface area contributed by atoms with Crippen molar-refractivity contribution in [3.63, 3.8) is 0 Å². The van der Waals surface area contributed by atoms with Gasteiger partial charge in [-0.05, 0) is 43.9 Å². The molecule has 0 aliphatic rings. The number of hydrogen-bond acceptors (Lipinski definition) is 5. The van der Waals surface area contributed by atoms with Gasteiger partial charge in [-0.3, -0.25) is 9.59 Å². The average molecular weight is 433 g/mol. The largest absolute Gasteiger partial charge is 0.363 e. The van der Waals surface area contributed by atoms with Crippen LogP contribution in [0.5, 0.6) is 0 Å². The van der Waals surface area contributed by atoms with E-state index in [4.69, 9.17) is 5.73 Å². The van der Waals surface area contributed by atoms with Crippen molar-refractivity contribution >= 4 is 30.0 Å². The monoisotopic (exact) mass is 432 g/mol. The van der Waals surface area contributed by atoms with E-state index in [1.54, 1.807) is 19.0 Å². The minimum absolute atomic E-state index is 0.0951. The maximum atomic E-state index is 11.7. The summed E-state index contributed by atoms with van der Waals surface area (Å²) < 4.78 is 0. The SMILES string of the molecule is CNC(=O)CCC(C=O)N(C)c1cccc(CCCCCCCCCN)c1N(C)C=O. The van der Waals surface area contributed by atoms with Crippen LogP contribution in [0.2, 0.25) is 0 Å². The number of benzene rings is 1. The number of nitrogens with one attached hydrogen (secondary N) is 1. The Balaban J connectivity index is 2.85. The van der Waals surface area contributed by atoms with E-state index in [0.717, 1.165) is 61.9 Å². The molecule has 0 heterocycles. The number of likely N-dealkylation sites (N-methyl/N-ethyl adjacent to an activating group) is 1. The summed E-state index contributed by atoms with van der Waals surface area (Å²) in [5, 5.41) is 2.59. The highest BCUT2D eigenvalue weighted by Crippen LogP contribution is 2.34. The Kier molecular flexibility index (Phi) is 13.2. The van der Waals surface area contributed by atoms with Crippen molar-refractivity contribution in [2.75, 3.05) is 37.5 Å². The molecule has 174 valence electrons. The molecule has 1 aromatic carbocycles. The molecule has 0 aliphatic carbocycles. The number of nitrogens with zero attached hydrogens (tertiary/aromatic N) is 2. The van der Waals surface area contributed by atoms with Crippen LogP contribution in [0.1, 0.15) is 63.4 Å². The predicted molar refractivity (Wildman–Crippen MR) is 128 cm³/mol. The average Bonchev–Trinajstić information content (AvgIpc) is 2.79. The standard InChI is InChI=1S/C24H40N4O3/c1-26-23(31)16-15-21(18-29)28(3)22-14-11-13-20(24(22)27(2)19-30)12-9-7-5-4-6-8-10-17-25/h11,13-14,18-19,21H,4-10,12,15-17,25H2,1-3H3,(H,26,31). The minimum atomic E-state index is -0.445. The van der Waals surface area contributed by atoms with Crippen LogP contribution in [-0.2, 0) is 20.8 Å². The molecule has 0 spiro atoms. The third kappa shape index (κ3) is 9.09. The fourth-order valence-electron chi connectivity index (χ4n) is 3.80. The number of para-hydroxylation sites is 1. The number of nitrogens with two attached hydrogens (primary N) is 1. The van der Waals surface area contributed by atoms with E-state index in [1.165, 1.54) is 25.7 Å². The third-order valence-corrected chi connectivity index (χ3v) is 5.74. The van der Waals surface area contributed by atoms with E-state index in [1.807, 2.05) is 30.1 Å². The number of aldehydes is 1. The zero-order chi connectivity index (χ0) is 23.1. The first-order chi connectivity index (χ1) is 15.0. The molecule has 0 fully saturated rings. The molecule has 1 unspecified atom stereocenters. The molecular formula is C24H40N4O3. The summed E-state index contributed by atoms with van der Waals surface area (Å²) >= 11 is 0. The second-order valence-electron chi connectivity index (χ2n) is 8.04. The number of carbonyl (C=O) groups is 3. The quantitative estimate of drug-likeness (QED) is 0.291. The van der Waals surface area contributed by atoms with Gasteiger partial charge in [-0.2, -0.15) is 0 Å². The smallest absolute Gasteiger partial charge is 0.219 e. The highest BCUT2D eigenvalue weighted by Gasteiger charge is 2.21. The maximum absolute atomic E-state index is 11.7. The van der Waals surface area contributed by atoms with E-state index in [0.29, 0.717) is 6.42 Å². The molecule has 0 aliphatic heterocycles. The van der Waals surface area contributed by atoms with Crippen molar-refractivity contribution in [2.45, 2.75) is 70.3 Å². The predicted octanol–water partition coefficient (Wildman–Crippen LogP) is 3.04. The summed E-state index contributed by atoms with van der Waals surface area (Å²) in [6.45, 7) is 0.772. The molecule has 2 amide bonds. The van der Waals surface area contributed by atoms with Crippen molar-refractivity contribution in [1.29, 1.82) is 0 Å². The summed E-state index contributed by atoms with van der Waals surface area (Å²) in [7, 11) is 5.16. The Hall–Kier alpha value is -2.41. The van der Waals surface area contributed by atoms with Crippen LogP contribution in [0.4, 0.5) is 11.4 Å². The Bertz CT molecular complexity index is 681. The highest BCUT2D eigenvalue weighted by molar-refractivity contribution is 5.87. The van der Waals surface area contributed by atoms with Crippen LogP contribution >= 0.6 is 0 Å². The van der Waals surface area contributed by atoms with Crippen molar-refractivity contribution in [3.8, 4) is 0 Å². The van der Waals surface area contributed by atoms with Gasteiger partial charge in [0.05, 0.1) is 17.4 Å². The maximum Gasteiger partial charge on any atom is 0.219 e. The molecule has 0 saturated heterocycles. The van der Waals surface area contributed by atoms with Crippen LogP contribution < -0.4 is 20.9 Å². The first-order valence-corrected chi connectivity index (χ1v) is 11.4. The Morgan fingerprint density at radius 1 is 1.06 bits per heavy atom.